The molecule has 0 bridgehead atoms. The Morgan fingerprint density at radius 2 is 2.00 bits per heavy atom. The zero-order chi connectivity index (χ0) is 23.2. The molecular formula is C24H27FN4O3S. The number of hydrogen-bond acceptors (Lipinski definition) is 6. The van der Waals surface area contributed by atoms with E-state index in [0.29, 0.717) is 28.3 Å². The number of amides is 1. The minimum Gasteiger partial charge on any atom is -0.379 e. The molecule has 9 heteroatoms. The van der Waals surface area contributed by atoms with E-state index in [2.05, 4.69) is 15.2 Å². The highest BCUT2D eigenvalue weighted by Crippen LogP contribution is 2.25. The molecule has 2 heterocycles. The SMILES string of the molecule is CC(Sc1nc2ccccc2c(=O)n1-c1cccc(F)c1)C(=O)NCCCN1CCOCC1. The second-order valence-corrected chi connectivity index (χ2v) is 9.20. The number of rotatable bonds is 8. The summed E-state index contributed by atoms with van der Waals surface area (Å²) < 4.78 is 20.6. The molecule has 0 spiro atoms. The van der Waals surface area contributed by atoms with E-state index >= 15 is 0 Å². The molecule has 3 aromatic rings. The Morgan fingerprint density at radius 1 is 1.21 bits per heavy atom. The van der Waals surface area contributed by atoms with Crippen LogP contribution in [0.2, 0.25) is 0 Å². The van der Waals surface area contributed by atoms with Crippen LogP contribution in [0.1, 0.15) is 13.3 Å². The lowest BCUT2D eigenvalue weighted by atomic mass is 10.2. The predicted molar refractivity (Wildman–Crippen MR) is 128 cm³/mol. The fourth-order valence-corrected chi connectivity index (χ4v) is 4.68. The van der Waals surface area contributed by atoms with Crippen LogP contribution in [0.15, 0.2) is 58.5 Å². The molecule has 0 saturated carbocycles. The minimum atomic E-state index is -0.485. The Kier molecular flexibility index (Phi) is 7.74. The topological polar surface area (TPSA) is 76.5 Å². The third-order valence-electron chi connectivity index (χ3n) is 5.52. The number of aromatic nitrogens is 2. The molecule has 1 unspecified atom stereocenters. The molecule has 1 amide bonds. The van der Waals surface area contributed by atoms with Gasteiger partial charge in [0, 0.05) is 19.6 Å². The lowest BCUT2D eigenvalue weighted by Crippen LogP contribution is -2.39. The van der Waals surface area contributed by atoms with Crippen molar-refractivity contribution in [2.45, 2.75) is 23.8 Å². The molecule has 1 aliphatic rings. The first-order valence-corrected chi connectivity index (χ1v) is 11.9. The highest BCUT2D eigenvalue weighted by atomic mass is 32.2. The van der Waals surface area contributed by atoms with Crippen molar-refractivity contribution in [2.75, 3.05) is 39.4 Å². The second-order valence-electron chi connectivity index (χ2n) is 7.89. The first-order valence-electron chi connectivity index (χ1n) is 11.0. The van der Waals surface area contributed by atoms with Crippen molar-refractivity contribution in [3.05, 3.63) is 64.7 Å². The van der Waals surface area contributed by atoms with Gasteiger partial charge in [0.05, 0.1) is 35.1 Å². The van der Waals surface area contributed by atoms with Gasteiger partial charge in [0.25, 0.3) is 5.56 Å². The van der Waals surface area contributed by atoms with Gasteiger partial charge in [0.2, 0.25) is 5.91 Å². The number of halogens is 1. The number of fused-ring (bicyclic) bond motifs is 1. The van der Waals surface area contributed by atoms with Crippen molar-refractivity contribution in [1.82, 2.24) is 19.8 Å². The fourth-order valence-electron chi connectivity index (χ4n) is 3.73. The minimum absolute atomic E-state index is 0.129. The number of thioether (sulfide) groups is 1. The highest BCUT2D eigenvalue weighted by Gasteiger charge is 2.20. The number of nitrogens with one attached hydrogen (secondary N) is 1. The smallest absolute Gasteiger partial charge is 0.266 e. The number of carbonyl (C=O) groups excluding carboxylic acids is 1. The molecule has 2 aromatic carbocycles. The predicted octanol–water partition coefficient (Wildman–Crippen LogP) is 2.84. The van der Waals surface area contributed by atoms with Crippen molar-refractivity contribution in [3.63, 3.8) is 0 Å². The standard InChI is InChI=1S/C24H27FN4O3S/c1-17(22(30)26-10-5-11-28-12-14-32-15-13-28)33-24-27-21-9-3-2-8-20(21)23(31)29(24)19-7-4-6-18(25)16-19/h2-4,6-9,16-17H,5,10-15H2,1H3,(H,26,30). The first-order chi connectivity index (χ1) is 16.0. The van der Waals surface area contributed by atoms with Crippen molar-refractivity contribution >= 4 is 28.6 Å². The summed E-state index contributed by atoms with van der Waals surface area (Å²) in [7, 11) is 0. The van der Waals surface area contributed by atoms with Crippen LogP contribution < -0.4 is 10.9 Å². The Bertz CT molecular complexity index is 1180. The molecule has 1 fully saturated rings. The molecule has 33 heavy (non-hydrogen) atoms. The van der Waals surface area contributed by atoms with Gasteiger partial charge in [-0.25, -0.2) is 9.37 Å². The molecule has 7 nitrogen and oxygen atoms in total. The Labute approximate surface area is 195 Å². The van der Waals surface area contributed by atoms with Gasteiger partial charge in [-0.3, -0.25) is 19.1 Å². The largest absolute Gasteiger partial charge is 0.379 e. The fraction of sp³-hybridized carbons (Fsp3) is 0.375. The van der Waals surface area contributed by atoms with Crippen LogP contribution in [0.4, 0.5) is 4.39 Å². The summed E-state index contributed by atoms with van der Waals surface area (Å²) >= 11 is 1.18. The number of para-hydroxylation sites is 1. The van der Waals surface area contributed by atoms with E-state index in [9.17, 15) is 14.0 Å². The number of benzene rings is 2. The number of nitrogens with zero attached hydrogens (tertiary/aromatic N) is 3. The quantitative estimate of drug-likeness (QED) is 0.310. The summed E-state index contributed by atoms with van der Waals surface area (Å²) in [5.74, 6) is -0.579. The van der Waals surface area contributed by atoms with Crippen LogP contribution in [0.3, 0.4) is 0 Å². The van der Waals surface area contributed by atoms with Crippen LogP contribution >= 0.6 is 11.8 Å². The molecule has 4 rings (SSSR count). The maximum Gasteiger partial charge on any atom is 0.266 e. The molecule has 1 saturated heterocycles. The lowest BCUT2D eigenvalue weighted by Gasteiger charge is -2.26. The molecule has 0 aliphatic carbocycles. The monoisotopic (exact) mass is 470 g/mol. The molecule has 0 radical (unpaired) electrons. The zero-order valence-corrected chi connectivity index (χ0v) is 19.3. The average molecular weight is 471 g/mol. The van der Waals surface area contributed by atoms with Gasteiger partial charge in [0.1, 0.15) is 5.82 Å². The maximum absolute atomic E-state index is 13.9. The molecule has 1 aliphatic heterocycles. The van der Waals surface area contributed by atoms with Crippen molar-refractivity contribution in [3.8, 4) is 5.69 Å². The maximum atomic E-state index is 13.9. The van der Waals surface area contributed by atoms with Crippen LogP contribution in [0, 0.1) is 5.82 Å². The molecule has 1 aromatic heterocycles. The van der Waals surface area contributed by atoms with E-state index in [1.54, 1.807) is 43.3 Å². The summed E-state index contributed by atoms with van der Waals surface area (Å²) in [6, 6.07) is 12.8. The number of hydrogen-bond donors (Lipinski definition) is 1. The third-order valence-corrected chi connectivity index (χ3v) is 6.57. The van der Waals surface area contributed by atoms with E-state index in [4.69, 9.17) is 4.74 Å². The molecule has 1 atom stereocenters. The van der Waals surface area contributed by atoms with Gasteiger partial charge in [0.15, 0.2) is 5.16 Å². The summed E-state index contributed by atoms with van der Waals surface area (Å²) in [5, 5.41) is 3.27. The summed E-state index contributed by atoms with van der Waals surface area (Å²) in [6.07, 6.45) is 0.853. The Balaban J connectivity index is 1.49. The number of morpholine rings is 1. The van der Waals surface area contributed by atoms with Crippen LogP contribution in [-0.4, -0.2) is 65.0 Å². The van der Waals surface area contributed by atoms with E-state index in [1.807, 2.05) is 0 Å². The summed E-state index contributed by atoms with van der Waals surface area (Å²) in [6.45, 7) is 6.62. The first kappa shape index (κ1) is 23.4. The van der Waals surface area contributed by atoms with Gasteiger partial charge >= 0.3 is 0 Å². The molecule has 1 N–H and O–H groups in total. The third kappa shape index (κ3) is 5.79. The van der Waals surface area contributed by atoms with Gasteiger partial charge < -0.3 is 10.1 Å². The van der Waals surface area contributed by atoms with Gasteiger partial charge in [-0.15, -0.1) is 0 Å². The van der Waals surface area contributed by atoms with Gasteiger partial charge in [-0.2, -0.15) is 0 Å². The highest BCUT2D eigenvalue weighted by molar-refractivity contribution is 8.00. The van der Waals surface area contributed by atoms with Gasteiger partial charge in [-0.05, 0) is 50.2 Å². The van der Waals surface area contributed by atoms with E-state index in [-0.39, 0.29) is 11.5 Å². The lowest BCUT2D eigenvalue weighted by molar-refractivity contribution is -0.120. The van der Waals surface area contributed by atoms with Gasteiger partial charge in [-0.1, -0.05) is 30.0 Å². The van der Waals surface area contributed by atoms with Crippen LogP contribution in [0.25, 0.3) is 16.6 Å². The van der Waals surface area contributed by atoms with E-state index < -0.39 is 11.1 Å². The average Bonchev–Trinajstić information content (AvgIpc) is 2.82. The van der Waals surface area contributed by atoms with E-state index in [0.717, 1.165) is 39.3 Å². The molecular weight excluding hydrogens is 443 g/mol. The summed E-state index contributed by atoms with van der Waals surface area (Å²) in [4.78, 5) is 32.9. The van der Waals surface area contributed by atoms with Crippen molar-refractivity contribution in [1.29, 1.82) is 0 Å². The number of ether oxygens (including phenoxy) is 1. The Hall–Kier alpha value is -2.75. The van der Waals surface area contributed by atoms with Crippen molar-refractivity contribution in [2.24, 2.45) is 0 Å². The number of carbonyl (C=O) groups is 1. The van der Waals surface area contributed by atoms with Crippen LogP contribution in [0.5, 0.6) is 0 Å². The Morgan fingerprint density at radius 3 is 2.79 bits per heavy atom. The summed E-state index contributed by atoms with van der Waals surface area (Å²) in [5.41, 5.74) is 0.612. The van der Waals surface area contributed by atoms with Crippen LogP contribution in [-0.2, 0) is 9.53 Å². The molecule has 174 valence electrons. The van der Waals surface area contributed by atoms with E-state index in [1.165, 1.54) is 28.5 Å². The van der Waals surface area contributed by atoms with Crippen molar-refractivity contribution < 1.29 is 13.9 Å². The zero-order valence-electron chi connectivity index (χ0n) is 18.5. The normalized spacial score (nSPS) is 15.5. The second kappa shape index (κ2) is 10.9.